The molecule has 0 aromatic heterocycles. The number of aryl methyl sites for hydroxylation is 1. The number of benzene rings is 1. The summed E-state index contributed by atoms with van der Waals surface area (Å²) < 4.78 is 0. The molecule has 5 heteroatoms. The second-order valence-electron chi connectivity index (χ2n) is 4.91. The zero-order valence-electron chi connectivity index (χ0n) is 11.2. The first-order chi connectivity index (χ1) is 8.81. The zero-order valence-corrected chi connectivity index (χ0v) is 12.0. The standard InChI is InChI=1S/C14H18ClNO3/c1-8(2)12(7-13(17)18)16-14(19)10-5-4-9(3)6-11(10)15/h4-6,8,12H,7H2,1-3H3,(H,16,19)(H,17,18). The van der Waals surface area contributed by atoms with Crippen LogP contribution in [0.4, 0.5) is 0 Å². The van der Waals surface area contributed by atoms with Crippen LogP contribution in [0.3, 0.4) is 0 Å². The molecule has 0 saturated carbocycles. The van der Waals surface area contributed by atoms with Gasteiger partial charge in [-0.25, -0.2) is 0 Å². The molecule has 0 radical (unpaired) electrons. The van der Waals surface area contributed by atoms with Crippen molar-refractivity contribution in [3.8, 4) is 0 Å². The fourth-order valence-corrected chi connectivity index (χ4v) is 2.01. The molecular weight excluding hydrogens is 266 g/mol. The first-order valence-electron chi connectivity index (χ1n) is 6.10. The molecule has 0 spiro atoms. The van der Waals surface area contributed by atoms with E-state index in [1.54, 1.807) is 18.2 Å². The minimum Gasteiger partial charge on any atom is -0.481 e. The molecule has 1 rings (SSSR count). The molecule has 4 nitrogen and oxygen atoms in total. The van der Waals surface area contributed by atoms with Crippen LogP contribution in [0.15, 0.2) is 18.2 Å². The van der Waals surface area contributed by atoms with Crippen molar-refractivity contribution in [3.05, 3.63) is 34.3 Å². The first kappa shape index (κ1) is 15.5. The van der Waals surface area contributed by atoms with Crippen molar-refractivity contribution in [1.82, 2.24) is 5.32 Å². The number of carboxylic acid groups (broad SMARTS) is 1. The number of carbonyl (C=O) groups is 2. The Morgan fingerprint density at radius 2 is 2.00 bits per heavy atom. The molecule has 0 aliphatic rings. The van der Waals surface area contributed by atoms with Crippen LogP contribution in [0.5, 0.6) is 0 Å². The van der Waals surface area contributed by atoms with E-state index in [4.69, 9.17) is 16.7 Å². The van der Waals surface area contributed by atoms with Crippen molar-refractivity contribution in [1.29, 1.82) is 0 Å². The van der Waals surface area contributed by atoms with Crippen LogP contribution in [-0.2, 0) is 4.79 Å². The summed E-state index contributed by atoms with van der Waals surface area (Å²) in [6.45, 7) is 5.62. The summed E-state index contributed by atoms with van der Waals surface area (Å²) in [6, 6.07) is 4.73. The summed E-state index contributed by atoms with van der Waals surface area (Å²) in [5, 5.41) is 11.9. The van der Waals surface area contributed by atoms with Crippen LogP contribution in [0.1, 0.15) is 36.2 Å². The number of aliphatic carboxylic acids is 1. The Labute approximate surface area is 117 Å². The van der Waals surface area contributed by atoms with Crippen LogP contribution in [-0.4, -0.2) is 23.0 Å². The first-order valence-corrected chi connectivity index (χ1v) is 6.48. The number of hydrogen-bond acceptors (Lipinski definition) is 2. The molecule has 1 amide bonds. The molecule has 1 unspecified atom stereocenters. The third kappa shape index (κ3) is 4.56. The lowest BCUT2D eigenvalue weighted by molar-refractivity contribution is -0.137. The van der Waals surface area contributed by atoms with Gasteiger partial charge >= 0.3 is 5.97 Å². The molecule has 1 aromatic carbocycles. The Bertz CT molecular complexity index is 486. The second kappa shape index (κ2) is 6.57. The van der Waals surface area contributed by atoms with Gasteiger partial charge in [0, 0.05) is 6.04 Å². The van der Waals surface area contributed by atoms with Gasteiger partial charge in [0.25, 0.3) is 5.91 Å². The summed E-state index contributed by atoms with van der Waals surface area (Å²) in [6.07, 6.45) is -0.104. The summed E-state index contributed by atoms with van der Waals surface area (Å²) in [4.78, 5) is 22.9. The van der Waals surface area contributed by atoms with E-state index >= 15 is 0 Å². The van der Waals surface area contributed by atoms with Crippen molar-refractivity contribution in [2.45, 2.75) is 33.2 Å². The highest BCUT2D eigenvalue weighted by atomic mass is 35.5. The monoisotopic (exact) mass is 283 g/mol. The largest absolute Gasteiger partial charge is 0.481 e. The van der Waals surface area contributed by atoms with Crippen molar-refractivity contribution in [2.75, 3.05) is 0 Å². The highest BCUT2D eigenvalue weighted by Gasteiger charge is 2.21. The number of amides is 1. The van der Waals surface area contributed by atoms with Crippen molar-refractivity contribution >= 4 is 23.5 Å². The Morgan fingerprint density at radius 3 is 2.47 bits per heavy atom. The molecule has 2 N–H and O–H groups in total. The Balaban J connectivity index is 2.84. The molecule has 0 heterocycles. The van der Waals surface area contributed by atoms with Crippen molar-refractivity contribution in [2.24, 2.45) is 5.92 Å². The lowest BCUT2D eigenvalue weighted by Crippen LogP contribution is -2.40. The molecule has 0 bridgehead atoms. The molecular formula is C14H18ClNO3. The lowest BCUT2D eigenvalue weighted by atomic mass is 10.0. The van der Waals surface area contributed by atoms with E-state index in [-0.39, 0.29) is 18.2 Å². The third-order valence-electron chi connectivity index (χ3n) is 2.88. The maximum Gasteiger partial charge on any atom is 0.305 e. The molecule has 0 fully saturated rings. The molecule has 0 aliphatic heterocycles. The molecule has 0 aliphatic carbocycles. The van der Waals surface area contributed by atoms with Gasteiger partial charge in [-0.05, 0) is 30.5 Å². The summed E-state index contributed by atoms with van der Waals surface area (Å²) in [5.41, 5.74) is 1.33. The van der Waals surface area contributed by atoms with Gasteiger partial charge in [-0.15, -0.1) is 0 Å². The van der Waals surface area contributed by atoms with Gasteiger partial charge in [-0.2, -0.15) is 0 Å². The van der Waals surface area contributed by atoms with Crippen LogP contribution in [0.2, 0.25) is 5.02 Å². The maximum absolute atomic E-state index is 12.1. The number of rotatable bonds is 5. The summed E-state index contributed by atoms with van der Waals surface area (Å²) in [5.74, 6) is -1.25. The lowest BCUT2D eigenvalue weighted by Gasteiger charge is -2.21. The van der Waals surface area contributed by atoms with E-state index in [1.807, 2.05) is 20.8 Å². The number of carbonyl (C=O) groups excluding carboxylic acids is 1. The van der Waals surface area contributed by atoms with Gasteiger partial charge in [-0.1, -0.05) is 31.5 Å². The van der Waals surface area contributed by atoms with Crippen LogP contribution in [0.25, 0.3) is 0 Å². The average Bonchev–Trinajstić information content (AvgIpc) is 2.26. The molecule has 1 aromatic rings. The quantitative estimate of drug-likeness (QED) is 0.873. The van der Waals surface area contributed by atoms with Gasteiger partial charge in [0.05, 0.1) is 17.0 Å². The van der Waals surface area contributed by atoms with Gasteiger partial charge in [0.1, 0.15) is 0 Å². The fraction of sp³-hybridized carbons (Fsp3) is 0.429. The summed E-state index contributed by atoms with van der Waals surface area (Å²) in [7, 11) is 0. The van der Waals surface area contributed by atoms with Crippen LogP contribution in [0, 0.1) is 12.8 Å². The molecule has 1 atom stereocenters. The number of hydrogen-bond donors (Lipinski definition) is 2. The fourth-order valence-electron chi connectivity index (χ4n) is 1.69. The molecule has 19 heavy (non-hydrogen) atoms. The van der Waals surface area contributed by atoms with Crippen molar-refractivity contribution in [3.63, 3.8) is 0 Å². The van der Waals surface area contributed by atoms with Crippen LogP contribution >= 0.6 is 11.6 Å². The molecule has 104 valence electrons. The van der Waals surface area contributed by atoms with Crippen LogP contribution < -0.4 is 5.32 Å². The number of nitrogens with one attached hydrogen (secondary N) is 1. The van der Waals surface area contributed by atoms with E-state index < -0.39 is 12.0 Å². The average molecular weight is 284 g/mol. The van der Waals surface area contributed by atoms with E-state index in [0.717, 1.165) is 5.56 Å². The predicted molar refractivity (Wildman–Crippen MR) is 74.5 cm³/mol. The Kier molecular flexibility index (Phi) is 5.36. The van der Waals surface area contributed by atoms with E-state index in [1.165, 1.54) is 0 Å². The topological polar surface area (TPSA) is 66.4 Å². The Morgan fingerprint density at radius 1 is 1.37 bits per heavy atom. The van der Waals surface area contributed by atoms with Gasteiger partial charge in [0.2, 0.25) is 0 Å². The number of carboxylic acids is 1. The second-order valence-corrected chi connectivity index (χ2v) is 5.31. The summed E-state index contributed by atoms with van der Waals surface area (Å²) >= 11 is 6.02. The highest BCUT2D eigenvalue weighted by molar-refractivity contribution is 6.33. The molecule has 0 saturated heterocycles. The van der Waals surface area contributed by atoms with Gasteiger partial charge in [-0.3, -0.25) is 9.59 Å². The normalized spacial score (nSPS) is 12.3. The zero-order chi connectivity index (χ0) is 14.6. The van der Waals surface area contributed by atoms with E-state index in [2.05, 4.69) is 5.32 Å². The third-order valence-corrected chi connectivity index (χ3v) is 3.20. The van der Waals surface area contributed by atoms with Crippen molar-refractivity contribution < 1.29 is 14.7 Å². The highest BCUT2D eigenvalue weighted by Crippen LogP contribution is 2.18. The number of halogens is 1. The predicted octanol–water partition coefficient (Wildman–Crippen LogP) is 2.88. The van der Waals surface area contributed by atoms with Gasteiger partial charge in [0.15, 0.2) is 0 Å². The minimum atomic E-state index is -0.936. The Hall–Kier alpha value is -1.55. The smallest absolute Gasteiger partial charge is 0.305 e. The van der Waals surface area contributed by atoms with Gasteiger partial charge < -0.3 is 10.4 Å². The van der Waals surface area contributed by atoms with E-state index in [0.29, 0.717) is 10.6 Å². The SMILES string of the molecule is Cc1ccc(C(=O)NC(CC(=O)O)C(C)C)c(Cl)c1. The van der Waals surface area contributed by atoms with E-state index in [9.17, 15) is 9.59 Å². The minimum absolute atomic E-state index is 0.0317. The maximum atomic E-state index is 12.1.